The number of rotatable bonds is 7. The Bertz CT molecular complexity index is 1210. The number of thioether (sulfide) groups is 1. The minimum absolute atomic E-state index is 0.220. The second-order valence-electron chi connectivity index (χ2n) is 8.37. The molecule has 1 heterocycles. The molecule has 0 saturated heterocycles. The quantitative estimate of drug-likeness (QED) is 0.305. The normalized spacial score (nSPS) is 14.3. The molecule has 1 fully saturated rings. The van der Waals surface area contributed by atoms with Crippen molar-refractivity contribution < 1.29 is 13.9 Å². The fourth-order valence-corrected chi connectivity index (χ4v) is 5.63. The minimum Gasteiger partial charge on any atom is -0.457 e. The standard InChI is InChI=1S/C28H27NO3S/c30-28(29-20-15-17-22(18-16-20)31-21-9-3-1-4-10-21)27-25(19-33-23-11-5-2-6-12-23)24-13-7-8-14-26(24)32-27/h1,3-4,7-10,13-18,23H,2,5-6,11-12,19H2,(H,29,30). The number of fused-ring (bicyclic) bond motifs is 1. The van der Waals surface area contributed by atoms with Crippen molar-refractivity contribution in [2.45, 2.75) is 43.1 Å². The van der Waals surface area contributed by atoms with Crippen molar-refractivity contribution in [3.63, 3.8) is 0 Å². The number of ether oxygens (including phenoxy) is 1. The van der Waals surface area contributed by atoms with E-state index in [9.17, 15) is 4.79 Å². The summed E-state index contributed by atoms with van der Waals surface area (Å²) in [7, 11) is 0. The average Bonchev–Trinajstić information content (AvgIpc) is 3.24. The van der Waals surface area contributed by atoms with E-state index in [1.807, 2.05) is 90.6 Å². The number of hydrogen-bond donors (Lipinski definition) is 1. The number of carbonyl (C=O) groups excluding carboxylic acids is 1. The summed E-state index contributed by atoms with van der Waals surface area (Å²) in [6.45, 7) is 0. The molecule has 0 spiro atoms. The molecule has 0 radical (unpaired) electrons. The zero-order chi connectivity index (χ0) is 22.5. The van der Waals surface area contributed by atoms with Crippen LogP contribution in [-0.2, 0) is 5.75 Å². The van der Waals surface area contributed by atoms with Crippen molar-refractivity contribution >= 4 is 34.3 Å². The molecule has 1 amide bonds. The summed E-state index contributed by atoms with van der Waals surface area (Å²) in [5.74, 6) is 2.46. The van der Waals surface area contributed by atoms with Crippen LogP contribution in [0.1, 0.15) is 48.2 Å². The predicted octanol–water partition coefficient (Wildman–Crippen LogP) is 8.04. The van der Waals surface area contributed by atoms with E-state index in [0.717, 1.165) is 28.0 Å². The number of amides is 1. The maximum atomic E-state index is 13.2. The molecule has 1 aliphatic carbocycles. The van der Waals surface area contributed by atoms with E-state index in [4.69, 9.17) is 9.15 Å². The lowest BCUT2D eigenvalue weighted by atomic mass is 10.0. The van der Waals surface area contributed by atoms with Crippen molar-refractivity contribution in [3.8, 4) is 11.5 Å². The summed E-state index contributed by atoms with van der Waals surface area (Å²) in [4.78, 5) is 13.2. The van der Waals surface area contributed by atoms with Gasteiger partial charge < -0.3 is 14.5 Å². The highest BCUT2D eigenvalue weighted by Crippen LogP contribution is 2.35. The first kappa shape index (κ1) is 21.7. The van der Waals surface area contributed by atoms with Crippen LogP contribution in [0.25, 0.3) is 11.0 Å². The third-order valence-corrected chi connectivity index (χ3v) is 7.41. The Morgan fingerprint density at radius 3 is 2.36 bits per heavy atom. The Morgan fingerprint density at radius 2 is 1.58 bits per heavy atom. The van der Waals surface area contributed by atoms with Crippen LogP contribution in [0.4, 0.5) is 5.69 Å². The van der Waals surface area contributed by atoms with Gasteiger partial charge in [0.05, 0.1) is 0 Å². The second kappa shape index (κ2) is 10.2. The minimum atomic E-state index is -0.220. The SMILES string of the molecule is O=C(Nc1ccc(Oc2ccccc2)cc1)c1oc2ccccc2c1CSC1CCCCC1. The number of furan rings is 1. The molecule has 1 saturated carbocycles. The van der Waals surface area contributed by atoms with Crippen molar-refractivity contribution in [2.75, 3.05) is 5.32 Å². The monoisotopic (exact) mass is 457 g/mol. The maximum Gasteiger partial charge on any atom is 0.291 e. The summed E-state index contributed by atoms with van der Waals surface area (Å²) in [6, 6.07) is 24.9. The van der Waals surface area contributed by atoms with Crippen LogP contribution < -0.4 is 10.1 Å². The summed E-state index contributed by atoms with van der Waals surface area (Å²) in [5.41, 5.74) is 2.45. The number of nitrogens with one attached hydrogen (secondary N) is 1. The lowest BCUT2D eigenvalue weighted by molar-refractivity contribution is 0.0998. The number of para-hydroxylation sites is 2. The highest BCUT2D eigenvalue weighted by atomic mass is 32.2. The van der Waals surface area contributed by atoms with E-state index in [1.54, 1.807) is 0 Å². The van der Waals surface area contributed by atoms with Gasteiger partial charge in [-0.2, -0.15) is 11.8 Å². The number of anilines is 1. The lowest BCUT2D eigenvalue weighted by Gasteiger charge is -2.20. The number of hydrogen-bond acceptors (Lipinski definition) is 4. The molecule has 5 rings (SSSR count). The third kappa shape index (κ3) is 5.25. The van der Waals surface area contributed by atoms with Crippen LogP contribution in [0.15, 0.2) is 83.3 Å². The fraction of sp³-hybridized carbons (Fsp3) is 0.250. The van der Waals surface area contributed by atoms with Gasteiger partial charge in [0.2, 0.25) is 0 Å². The van der Waals surface area contributed by atoms with E-state index in [1.165, 1.54) is 32.1 Å². The average molecular weight is 458 g/mol. The van der Waals surface area contributed by atoms with Gasteiger partial charge >= 0.3 is 0 Å². The van der Waals surface area contributed by atoms with E-state index in [0.29, 0.717) is 22.4 Å². The lowest BCUT2D eigenvalue weighted by Crippen LogP contribution is -2.13. The molecular formula is C28H27NO3S. The molecule has 0 bridgehead atoms. The van der Waals surface area contributed by atoms with Gasteiger partial charge in [-0.15, -0.1) is 0 Å². The van der Waals surface area contributed by atoms with Gasteiger partial charge in [0.1, 0.15) is 17.1 Å². The molecule has 0 unspecified atom stereocenters. The Labute approximate surface area is 198 Å². The van der Waals surface area contributed by atoms with E-state index >= 15 is 0 Å². The van der Waals surface area contributed by atoms with Gasteiger partial charge in [0.25, 0.3) is 5.91 Å². The number of benzene rings is 3. The van der Waals surface area contributed by atoms with Gasteiger partial charge in [0, 0.05) is 27.6 Å². The molecule has 0 aliphatic heterocycles. The Morgan fingerprint density at radius 1 is 0.879 bits per heavy atom. The largest absolute Gasteiger partial charge is 0.457 e. The van der Waals surface area contributed by atoms with Crippen LogP contribution in [-0.4, -0.2) is 11.2 Å². The van der Waals surface area contributed by atoms with E-state index < -0.39 is 0 Å². The molecule has 1 N–H and O–H groups in total. The smallest absolute Gasteiger partial charge is 0.291 e. The summed E-state index contributed by atoms with van der Waals surface area (Å²) >= 11 is 1.95. The zero-order valence-corrected chi connectivity index (χ0v) is 19.3. The first-order valence-electron chi connectivity index (χ1n) is 11.5. The highest BCUT2D eigenvalue weighted by Gasteiger charge is 2.22. The third-order valence-electron chi connectivity index (χ3n) is 6.01. The van der Waals surface area contributed by atoms with E-state index in [2.05, 4.69) is 5.32 Å². The molecule has 1 aromatic heterocycles. The van der Waals surface area contributed by atoms with Gasteiger partial charge in [-0.3, -0.25) is 4.79 Å². The van der Waals surface area contributed by atoms with Gasteiger partial charge in [-0.25, -0.2) is 0 Å². The van der Waals surface area contributed by atoms with Gasteiger partial charge in [-0.1, -0.05) is 55.7 Å². The van der Waals surface area contributed by atoms with Crippen molar-refractivity contribution in [1.29, 1.82) is 0 Å². The molecule has 5 heteroatoms. The Kier molecular flexibility index (Phi) is 6.68. The van der Waals surface area contributed by atoms with Crippen LogP contribution in [0.5, 0.6) is 11.5 Å². The Hall–Kier alpha value is -3.18. The summed E-state index contributed by atoms with van der Waals surface area (Å²) in [5, 5.41) is 4.68. The molecule has 0 atom stereocenters. The van der Waals surface area contributed by atoms with Crippen LogP contribution in [0.2, 0.25) is 0 Å². The van der Waals surface area contributed by atoms with Crippen LogP contribution in [0, 0.1) is 0 Å². The maximum absolute atomic E-state index is 13.2. The molecule has 33 heavy (non-hydrogen) atoms. The molecular weight excluding hydrogens is 430 g/mol. The van der Waals surface area contributed by atoms with Crippen LogP contribution in [0.3, 0.4) is 0 Å². The Balaban J connectivity index is 1.31. The van der Waals surface area contributed by atoms with Gasteiger partial charge in [0.15, 0.2) is 5.76 Å². The fourth-order valence-electron chi connectivity index (χ4n) is 4.28. The van der Waals surface area contributed by atoms with Crippen molar-refractivity contribution in [2.24, 2.45) is 0 Å². The topological polar surface area (TPSA) is 51.5 Å². The first-order chi connectivity index (χ1) is 16.3. The first-order valence-corrected chi connectivity index (χ1v) is 12.6. The zero-order valence-electron chi connectivity index (χ0n) is 18.5. The van der Waals surface area contributed by atoms with Gasteiger partial charge in [-0.05, 0) is 55.3 Å². The highest BCUT2D eigenvalue weighted by molar-refractivity contribution is 7.99. The molecule has 4 aromatic rings. The molecule has 1 aliphatic rings. The van der Waals surface area contributed by atoms with Crippen molar-refractivity contribution in [1.82, 2.24) is 0 Å². The second-order valence-corrected chi connectivity index (χ2v) is 9.66. The predicted molar refractivity (Wildman–Crippen MR) is 135 cm³/mol. The van der Waals surface area contributed by atoms with E-state index in [-0.39, 0.29) is 5.91 Å². The molecule has 3 aromatic carbocycles. The van der Waals surface area contributed by atoms with Crippen molar-refractivity contribution in [3.05, 3.63) is 90.2 Å². The summed E-state index contributed by atoms with van der Waals surface area (Å²) in [6.07, 6.45) is 6.48. The molecule has 4 nitrogen and oxygen atoms in total. The number of carbonyl (C=O) groups is 1. The van der Waals surface area contributed by atoms with Crippen LogP contribution >= 0.6 is 11.8 Å². The summed E-state index contributed by atoms with van der Waals surface area (Å²) < 4.78 is 11.9. The molecule has 168 valence electrons.